The van der Waals surface area contributed by atoms with Crippen LogP contribution in [-0.4, -0.2) is 76.3 Å². The molecule has 1 atom stereocenters. The van der Waals surface area contributed by atoms with Crippen molar-refractivity contribution in [3.8, 4) is 0 Å². The van der Waals surface area contributed by atoms with Crippen LogP contribution in [0.1, 0.15) is 75.5 Å². The first-order valence-corrected chi connectivity index (χ1v) is 12.3. The fraction of sp³-hybridized carbons (Fsp3) is 0.750. The fourth-order valence-corrected chi connectivity index (χ4v) is 5.24. The van der Waals surface area contributed by atoms with Gasteiger partial charge in [0.1, 0.15) is 5.82 Å². The summed E-state index contributed by atoms with van der Waals surface area (Å²) in [7, 11) is 1.86. The lowest BCUT2D eigenvalue weighted by atomic mass is 9.98. The average Bonchev–Trinajstić information content (AvgIpc) is 2.82. The Morgan fingerprint density at radius 3 is 2.56 bits per heavy atom. The van der Waals surface area contributed by atoms with Gasteiger partial charge < -0.3 is 20.0 Å². The number of hydrogen-bond acceptors (Lipinski definition) is 6. The standard InChI is InChI=1S/C24H38N6O2/c1-17-7-12-28(13-8-17)14-10-22(32)30-11-5-4-6-21(30)24-26-20-9-15-29(18(2)31)16-19(20)23(25-3)27-24/h17,21H,4-16H2,1-3H3,(H,25,26,27)/t21-/m1/s1. The third kappa shape index (κ3) is 5.05. The first kappa shape index (κ1) is 23.0. The molecule has 1 aromatic heterocycles. The smallest absolute Gasteiger partial charge is 0.224 e. The van der Waals surface area contributed by atoms with Crippen LogP contribution in [-0.2, 0) is 22.6 Å². The highest BCUT2D eigenvalue weighted by molar-refractivity contribution is 5.77. The van der Waals surface area contributed by atoms with Crippen LogP contribution in [0.2, 0.25) is 0 Å². The van der Waals surface area contributed by atoms with Crippen molar-refractivity contribution in [3.63, 3.8) is 0 Å². The number of aromatic nitrogens is 2. The molecule has 0 radical (unpaired) electrons. The maximum atomic E-state index is 13.2. The molecule has 0 unspecified atom stereocenters. The highest BCUT2D eigenvalue weighted by Crippen LogP contribution is 2.33. The van der Waals surface area contributed by atoms with Crippen molar-refractivity contribution in [2.45, 2.75) is 71.4 Å². The molecule has 4 rings (SSSR count). The predicted octanol–water partition coefficient (Wildman–Crippen LogP) is 2.60. The molecule has 176 valence electrons. The zero-order valence-electron chi connectivity index (χ0n) is 19.9. The third-order valence-electron chi connectivity index (χ3n) is 7.40. The second-order valence-electron chi connectivity index (χ2n) is 9.67. The summed E-state index contributed by atoms with van der Waals surface area (Å²) in [5, 5.41) is 3.21. The summed E-state index contributed by atoms with van der Waals surface area (Å²) in [6.45, 7) is 9.00. The van der Waals surface area contributed by atoms with Gasteiger partial charge in [-0.15, -0.1) is 0 Å². The summed E-state index contributed by atoms with van der Waals surface area (Å²) in [5.74, 6) is 2.65. The van der Waals surface area contributed by atoms with Crippen LogP contribution >= 0.6 is 0 Å². The van der Waals surface area contributed by atoms with Crippen molar-refractivity contribution < 1.29 is 9.59 Å². The SMILES string of the molecule is CNc1nc([C@H]2CCCCN2C(=O)CCN2CCC(C)CC2)nc2c1CN(C(C)=O)CC2. The lowest BCUT2D eigenvalue weighted by molar-refractivity contribution is -0.135. The zero-order chi connectivity index (χ0) is 22.7. The molecular weight excluding hydrogens is 404 g/mol. The summed E-state index contributed by atoms with van der Waals surface area (Å²) >= 11 is 0. The number of carbonyl (C=O) groups is 2. The normalized spacial score (nSPS) is 22.5. The van der Waals surface area contributed by atoms with Crippen molar-refractivity contribution >= 4 is 17.6 Å². The Labute approximate surface area is 191 Å². The van der Waals surface area contributed by atoms with Gasteiger partial charge >= 0.3 is 0 Å². The second-order valence-corrected chi connectivity index (χ2v) is 9.67. The molecule has 0 bridgehead atoms. The third-order valence-corrected chi connectivity index (χ3v) is 7.40. The highest BCUT2D eigenvalue weighted by Gasteiger charge is 2.32. The van der Waals surface area contributed by atoms with Gasteiger partial charge in [0, 0.05) is 52.0 Å². The van der Waals surface area contributed by atoms with Crippen LogP contribution in [0.4, 0.5) is 5.82 Å². The van der Waals surface area contributed by atoms with E-state index in [0.717, 1.165) is 80.7 Å². The first-order valence-electron chi connectivity index (χ1n) is 12.3. The van der Waals surface area contributed by atoms with E-state index in [0.29, 0.717) is 19.5 Å². The molecule has 4 heterocycles. The minimum Gasteiger partial charge on any atom is -0.373 e. The minimum absolute atomic E-state index is 0.0548. The van der Waals surface area contributed by atoms with Gasteiger partial charge in [-0.25, -0.2) is 9.97 Å². The first-order chi connectivity index (χ1) is 15.5. The largest absolute Gasteiger partial charge is 0.373 e. The molecule has 32 heavy (non-hydrogen) atoms. The molecule has 3 aliphatic rings. The van der Waals surface area contributed by atoms with Crippen molar-refractivity contribution in [3.05, 3.63) is 17.1 Å². The molecule has 0 aromatic carbocycles. The lowest BCUT2D eigenvalue weighted by Gasteiger charge is -2.37. The number of anilines is 1. The van der Waals surface area contributed by atoms with E-state index >= 15 is 0 Å². The van der Waals surface area contributed by atoms with Gasteiger partial charge in [-0.1, -0.05) is 6.92 Å². The van der Waals surface area contributed by atoms with Crippen LogP contribution in [0.5, 0.6) is 0 Å². The van der Waals surface area contributed by atoms with Gasteiger partial charge in [-0.3, -0.25) is 9.59 Å². The summed E-state index contributed by atoms with van der Waals surface area (Å²) in [5.41, 5.74) is 2.02. The number of rotatable bonds is 5. The van der Waals surface area contributed by atoms with Gasteiger partial charge in [-0.05, 0) is 51.1 Å². The topological polar surface area (TPSA) is 81.7 Å². The van der Waals surface area contributed by atoms with Crippen molar-refractivity contribution in [2.24, 2.45) is 5.92 Å². The molecule has 0 spiro atoms. The van der Waals surface area contributed by atoms with Gasteiger partial charge in [0.05, 0.1) is 18.3 Å². The van der Waals surface area contributed by atoms with E-state index in [1.165, 1.54) is 12.8 Å². The number of likely N-dealkylation sites (tertiary alicyclic amines) is 2. The zero-order valence-corrected chi connectivity index (χ0v) is 19.9. The van der Waals surface area contributed by atoms with Crippen LogP contribution < -0.4 is 5.32 Å². The van der Waals surface area contributed by atoms with Crippen molar-refractivity contribution in [2.75, 3.05) is 45.1 Å². The fourth-order valence-electron chi connectivity index (χ4n) is 5.24. The van der Waals surface area contributed by atoms with Gasteiger partial charge in [0.2, 0.25) is 11.8 Å². The molecule has 1 N–H and O–H groups in total. The maximum absolute atomic E-state index is 13.2. The molecular formula is C24H38N6O2. The Kier molecular flexibility index (Phi) is 7.28. The van der Waals surface area contributed by atoms with Crippen LogP contribution in [0.3, 0.4) is 0 Å². The Hall–Kier alpha value is -2.22. The van der Waals surface area contributed by atoms with E-state index in [2.05, 4.69) is 17.1 Å². The van der Waals surface area contributed by atoms with E-state index in [9.17, 15) is 9.59 Å². The number of piperidine rings is 2. The molecule has 1 aromatic rings. The molecule has 8 heteroatoms. The average molecular weight is 443 g/mol. The number of amides is 2. The van der Waals surface area contributed by atoms with E-state index < -0.39 is 0 Å². The summed E-state index contributed by atoms with van der Waals surface area (Å²) in [6, 6.07) is -0.0548. The Morgan fingerprint density at radius 2 is 1.84 bits per heavy atom. The Bertz CT molecular complexity index is 819. The van der Waals surface area contributed by atoms with E-state index in [1.54, 1.807) is 6.92 Å². The molecule has 2 saturated heterocycles. The summed E-state index contributed by atoms with van der Waals surface area (Å²) in [6.07, 6.45) is 6.81. The second kappa shape index (κ2) is 10.1. The maximum Gasteiger partial charge on any atom is 0.224 e. The van der Waals surface area contributed by atoms with E-state index in [4.69, 9.17) is 9.97 Å². The number of nitrogens with one attached hydrogen (secondary N) is 1. The molecule has 0 saturated carbocycles. The molecule has 0 aliphatic carbocycles. The van der Waals surface area contributed by atoms with Gasteiger partial charge in [0.15, 0.2) is 5.82 Å². The van der Waals surface area contributed by atoms with Gasteiger partial charge in [-0.2, -0.15) is 0 Å². The van der Waals surface area contributed by atoms with Crippen molar-refractivity contribution in [1.82, 2.24) is 24.7 Å². The molecule has 3 aliphatic heterocycles. The summed E-state index contributed by atoms with van der Waals surface area (Å²) < 4.78 is 0. The Morgan fingerprint density at radius 1 is 1.06 bits per heavy atom. The lowest BCUT2D eigenvalue weighted by Crippen LogP contribution is -2.42. The minimum atomic E-state index is -0.0548. The summed E-state index contributed by atoms with van der Waals surface area (Å²) in [4.78, 5) is 41.2. The quantitative estimate of drug-likeness (QED) is 0.755. The number of nitrogens with zero attached hydrogens (tertiary/aromatic N) is 5. The van der Waals surface area contributed by atoms with Gasteiger partial charge in [0.25, 0.3) is 0 Å². The number of carbonyl (C=O) groups excluding carboxylic acids is 2. The van der Waals surface area contributed by atoms with E-state index in [1.807, 2.05) is 16.8 Å². The molecule has 2 fully saturated rings. The predicted molar refractivity (Wildman–Crippen MR) is 124 cm³/mol. The van der Waals surface area contributed by atoms with Crippen LogP contribution in [0.25, 0.3) is 0 Å². The number of hydrogen-bond donors (Lipinski definition) is 1. The highest BCUT2D eigenvalue weighted by atomic mass is 16.2. The molecule has 8 nitrogen and oxygen atoms in total. The van der Waals surface area contributed by atoms with Crippen LogP contribution in [0.15, 0.2) is 0 Å². The van der Waals surface area contributed by atoms with Crippen LogP contribution in [0, 0.1) is 5.92 Å². The monoisotopic (exact) mass is 442 g/mol. The van der Waals surface area contributed by atoms with Crippen molar-refractivity contribution in [1.29, 1.82) is 0 Å². The molecule has 2 amide bonds. The van der Waals surface area contributed by atoms with E-state index in [-0.39, 0.29) is 17.9 Å². The Balaban J connectivity index is 1.48. The number of fused-ring (bicyclic) bond motifs is 1.